The van der Waals surface area contributed by atoms with Crippen molar-refractivity contribution in [1.82, 2.24) is 5.32 Å². The fourth-order valence-corrected chi connectivity index (χ4v) is 1.86. The molecular formula is C15H14BrNO5. The maximum Gasteiger partial charge on any atom is 0.374 e. The van der Waals surface area contributed by atoms with Crippen LogP contribution in [-0.2, 0) is 9.53 Å². The number of nitrogens with one attached hydrogen (secondary N) is 1. The van der Waals surface area contributed by atoms with Crippen molar-refractivity contribution in [1.29, 1.82) is 0 Å². The molecule has 2 aromatic rings. The molecule has 22 heavy (non-hydrogen) atoms. The average Bonchev–Trinajstić information content (AvgIpc) is 2.97. The van der Waals surface area contributed by atoms with Crippen molar-refractivity contribution >= 4 is 27.8 Å². The highest BCUT2D eigenvalue weighted by Crippen LogP contribution is 2.14. The molecular weight excluding hydrogens is 354 g/mol. The fourth-order valence-electron chi connectivity index (χ4n) is 1.55. The van der Waals surface area contributed by atoms with E-state index in [1.54, 1.807) is 6.07 Å². The Balaban J connectivity index is 1.61. The third kappa shape index (κ3) is 5.25. The molecule has 0 unspecified atom stereocenters. The Labute approximate surface area is 135 Å². The predicted molar refractivity (Wildman–Crippen MR) is 81.6 cm³/mol. The van der Waals surface area contributed by atoms with Crippen LogP contribution in [0.5, 0.6) is 5.75 Å². The van der Waals surface area contributed by atoms with Gasteiger partial charge in [0.05, 0.1) is 6.54 Å². The molecule has 6 nitrogen and oxygen atoms in total. The molecule has 0 bridgehead atoms. The molecule has 2 rings (SSSR count). The van der Waals surface area contributed by atoms with Crippen LogP contribution in [0, 0.1) is 0 Å². The zero-order valence-corrected chi connectivity index (χ0v) is 13.2. The molecule has 0 atom stereocenters. The summed E-state index contributed by atoms with van der Waals surface area (Å²) in [5.74, 6) is -0.337. The van der Waals surface area contributed by atoms with Gasteiger partial charge in [-0.1, -0.05) is 18.2 Å². The Bertz CT molecular complexity index is 626. The SMILES string of the molecule is O=C(COC(=O)c1ccc(Br)o1)NCCOc1ccccc1. The summed E-state index contributed by atoms with van der Waals surface area (Å²) in [5, 5.41) is 2.58. The smallest absolute Gasteiger partial charge is 0.374 e. The Morgan fingerprint density at radius 1 is 1.14 bits per heavy atom. The van der Waals surface area contributed by atoms with E-state index in [2.05, 4.69) is 21.2 Å². The van der Waals surface area contributed by atoms with E-state index >= 15 is 0 Å². The normalized spacial score (nSPS) is 10.0. The second kappa shape index (κ2) is 8.23. The molecule has 1 amide bonds. The number of esters is 1. The molecule has 0 aliphatic carbocycles. The Kier molecular flexibility index (Phi) is 6.02. The van der Waals surface area contributed by atoms with Gasteiger partial charge in [0.1, 0.15) is 12.4 Å². The monoisotopic (exact) mass is 367 g/mol. The highest BCUT2D eigenvalue weighted by Gasteiger charge is 2.13. The van der Waals surface area contributed by atoms with Crippen molar-refractivity contribution in [3.63, 3.8) is 0 Å². The molecule has 1 aromatic carbocycles. The van der Waals surface area contributed by atoms with Gasteiger partial charge in [-0.2, -0.15) is 0 Å². The lowest BCUT2D eigenvalue weighted by molar-refractivity contribution is -0.124. The topological polar surface area (TPSA) is 77.8 Å². The number of amides is 1. The number of rotatable bonds is 7. The lowest BCUT2D eigenvalue weighted by atomic mass is 10.3. The van der Waals surface area contributed by atoms with Gasteiger partial charge in [0.25, 0.3) is 5.91 Å². The minimum absolute atomic E-state index is 0.0343. The lowest BCUT2D eigenvalue weighted by Gasteiger charge is -2.07. The molecule has 0 saturated heterocycles. The number of furan rings is 1. The van der Waals surface area contributed by atoms with Crippen LogP contribution in [0.25, 0.3) is 0 Å². The van der Waals surface area contributed by atoms with Gasteiger partial charge in [-0.3, -0.25) is 4.79 Å². The Hall–Kier alpha value is -2.28. The molecule has 1 heterocycles. The van der Waals surface area contributed by atoms with Crippen LogP contribution in [-0.4, -0.2) is 31.6 Å². The molecule has 0 aliphatic heterocycles. The molecule has 0 spiro atoms. The van der Waals surface area contributed by atoms with Crippen LogP contribution in [0.4, 0.5) is 0 Å². The molecule has 116 valence electrons. The lowest BCUT2D eigenvalue weighted by Crippen LogP contribution is -2.32. The van der Waals surface area contributed by atoms with E-state index < -0.39 is 11.9 Å². The number of halogens is 1. The quantitative estimate of drug-likeness (QED) is 0.600. The highest BCUT2D eigenvalue weighted by molar-refractivity contribution is 9.10. The van der Waals surface area contributed by atoms with E-state index in [1.807, 2.05) is 30.3 Å². The maximum atomic E-state index is 11.5. The molecule has 0 saturated carbocycles. The summed E-state index contributed by atoms with van der Waals surface area (Å²) in [6.45, 7) is 0.273. The minimum Gasteiger partial charge on any atom is -0.492 e. The predicted octanol–water partition coefficient (Wildman–Crippen LogP) is 2.39. The summed E-state index contributed by atoms with van der Waals surface area (Å²) in [6, 6.07) is 12.3. The summed E-state index contributed by atoms with van der Waals surface area (Å²) < 4.78 is 15.7. The van der Waals surface area contributed by atoms with Gasteiger partial charge in [-0.05, 0) is 40.2 Å². The first-order valence-corrected chi connectivity index (χ1v) is 7.31. The van der Waals surface area contributed by atoms with Crippen molar-refractivity contribution in [3.8, 4) is 5.75 Å². The van der Waals surface area contributed by atoms with Gasteiger partial charge in [0.15, 0.2) is 11.3 Å². The maximum absolute atomic E-state index is 11.5. The molecule has 0 fully saturated rings. The third-order valence-electron chi connectivity index (χ3n) is 2.54. The molecule has 1 N–H and O–H groups in total. The van der Waals surface area contributed by atoms with Crippen LogP contribution >= 0.6 is 15.9 Å². The van der Waals surface area contributed by atoms with Crippen molar-refractivity contribution in [3.05, 3.63) is 52.9 Å². The van der Waals surface area contributed by atoms with E-state index in [0.29, 0.717) is 17.8 Å². The zero-order valence-electron chi connectivity index (χ0n) is 11.6. The van der Waals surface area contributed by atoms with Crippen LogP contribution in [0.15, 0.2) is 51.6 Å². The van der Waals surface area contributed by atoms with E-state index in [0.717, 1.165) is 5.75 Å². The van der Waals surface area contributed by atoms with Crippen LogP contribution in [0.2, 0.25) is 0 Å². The van der Waals surface area contributed by atoms with Crippen LogP contribution in [0.3, 0.4) is 0 Å². The van der Waals surface area contributed by atoms with Crippen molar-refractivity contribution in [2.24, 2.45) is 0 Å². The zero-order chi connectivity index (χ0) is 15.8. The fraction of sp³-hybridized carbons (Fsp3) is 0.200. The number of benzene rings is 1. The summed E-state index contributed by atoms with van der Waals surface area (Å²) >= 11 is 3.07. The third-order valence-corrected chi connectivity index (χ3v) is 2.97. The van der Waals surface area contributed by atoms with Gasteiger partial charge < -0.3 is 19.2 Å². The average molecular weight is 368 g/mol. The number of carbonyl (C=O) groups excluding carboxylic acids is 2. The first-order valence-electron chi connectivity index (χ1n) is 6.52. The van der Waals surface area contributed by atoms with Crippen molar-refractivity contribution < 1.29 is 23.5 Å². The second-order valence-electron chi connectivity index (χ2n) is 4.19. The van der Waals surface area contributed by atoms with Gasteiger partial charge >= 0.3 is 5.97 Å². The minimum atomic E-state index is -0.693. The molecule has 1 aromatic heterocycles. The Morgan fingerprint density at radius 2 is 1.91 bits per heavy atom. The van der Waals surface area contributed by atoms with E-state index in [9.17, 15) is 9.59 Å². The van der Waals surface area contributed by atoms with Gasteiger partial charge in [-0.25, -0.2) is 4.79 Å². The molecule has 0 aliphatic rings. The number of ether oxygens (including phenoxy) is 2. The van der Waals surface area contributed by atoms with Crippen molar-refractivity contribution in [2.45, 2.75) is 0 Å². The van der Waals surface area contributed by atoms with Gasteiger partial charge in [0, 0.05) is 0 Å². The van der Waals surface area contributed by atoms with E-state index in [1.165, 1.54) is 6.07 Å². The van der Waals surface area contributed by atoms with Crippen molar-refractivity contribution in [2.75, 3.05) is 19.8 Å². The first-order chi connectivity index (χ1) is 10.6. The summed E-state index contributed by atoms with van der Waals surface area (Å²) in [6.07, 6.45) is 0. The van der Waals surface area contributed by atoms with Gasteiger partial charge in [-0.15, -0.1) is 0 Å². The highest BCUT2D eigenvalue weighted by atomic mass is 79.9. The summed E-state index contributed by atoms with van der Waals surface area (Å²) in [5.41, 5.74) is 0. The number of para-hydroxylation sites is 1. The number of hydrogen-bond donors (Lipinski definition) is 1. The number of hydrogen-bond acceptors (Lipinski definition) is 5. The second-order valence-corrected chi connectivity index (χ2v) is 4.97. The molecule has 7 heteroatoms. The number of carbonyl (C=O) groups is 2. The Morgan fingerprint density at radius 3 is 2.59 bits per heavy atom. The van der Waals surface area contributed by atoms with E-state index in [-0.39, 0.29) is 12.4 Å². The summed E-state index contributed by atoms with van der Waals surface area (Å²) in [4.78, 5) is 23.0. The molecule has 0 radical (unpaired) electrons. The largest absolute Gasteiger partial charge is 0.492 e. The van der Waals surface area contributed by atoms with E-state index in [4.69, 9.17) is 13.9 Å². The van der Waals surface area contributed by atoms with Gasteiger partial charge in [0.2, 0.25) is 5.76 Å². The van der Waals surface area contributed by atoms with Crippen LogP contribution < -0.4 is 10.1 Å². The summed E-state index contributed by atoms with van der Waals surface area (Å²) in [7, 11) is 0. The first kappa shape index (κ1) is 16.1. The standard InChI is InChI=1S/C15H14BrNO5/c16-13-7-6-12(22-13)15(19)21-10-14(18)17-8-9-20-11-4-2-1-3-5-11/h1-7H,8-10H2,(H,17,18). The van der Waals surface area contributed by atoms with Crippen LogP contribution in [0.1, 0.15) is 10.6 Å².